The first-order valence-electron chi connectivity index (χ1n) is 8.56. The Morgan fingerprint density at radius 1 is 1.13 bits per heavy atom. The van der Waals surface area contributed by atoms with Crippen molar-refractivity contribution in [2.75, 3.05) is 14.2 Å². The van der Waals surface area contributed by atoms with Crippen LogP contribution in [0.15, 0.2) is 48.8 Å². The predicted molar refractivity (Wildman–Crippen MR) is 98.8 cm³/mol. The number of ether oxygens (including phenoxy) is 3. The summed E-state index contributed by atoms with van der Waals surface area (Å²) in [6.07, 6.45) is -3.78. The largest absolute Gasteiger partial charge is 0.497 e. The van der Waals surface area contributed by atoms with Gasteiger partial charge in [0.15, 0.2) is 17.3 Å². The highest BCUT2D eigenvalue weighted by Gasteiger charge is 2.40. The minimum Gasteiger partial charge on any atom is -0.497 e. The lowest BCUT2D eigenvalue weighted by atomic mass is 10.2. The van der Waals surface area contributed by atoms with E-state index in [4.69, 9.17) is 14.2 Å². The third-order valence-corrected chi connectivity index (χ3v) is 3.99. The summed E-state index contributed by atoms with van der Waals surface area (Å²) < 4.78 is 56.4. The summed E-state index contributed by atoms with van der Waals surface area (Å²) in [5, 5.41) is 6.05. The van der Waals surface area contributed by atoms with Crippen molar-refractivity contribution in [2.45, 2.75) is 12.7 Å². The fourth-order valence-corrected chi connectivity index (χ4v) is 2.62. The molecule has 1 amide bonds. The lowest BCUT2D eigenvalue weighted by molar-refractivity contribution is -0.143. The first kappa shape index (κ1) is 21.0. The molecule has 0 fully saturated rings. The van der Waals surface area contributed by atoms with E-state index in [-0.39, 0.29) is 12.4 Å². The van der Waals surface area contributed by atoms with Crippen molar-refractivity contribution < 1.29 is 32.2 Å². The van der Waals surface area contributed by atoms with E-state index in [1.807, 2.05) is 0 Å². The van der Waals surface area contributed by atoms with Gasteiger partial charge in [0.2, 0.25) is 0 Å². The number of benzene rings is 1. The summed E-state index contributed by atoms with van der Waals surface area (Å²) in [6, 6.07) is 9.34. The average molecular weight is 422 g/mol. The second-order valence-corrected chi connectivity index (χ2v) is 5.88. The predicted octanol–water partition coefficient (Wildman–Crippen LogP) is 3.59. The van der Waals surface area contributed by atoms with Crippen LogP contribution in [0.4, 0.5) is 18.0 Å². The van der Waals surface area contributed by atoms with Crippen LogP contribution in [0.25, 0.3) is 5.82 Å². The molecule has 0 aliphatic heterocycles. The molecule has 0 spiro atoms. The van der Waals surface area contributed by atoms with E-state index in [2.05, 4.69) is 15.4 Å². The number of nitrogens with one attached hydrogen (secondary N) is 1. The number of carbonyl (C=O) groups excluding carboxylic acids is 1. The fourth-order valence-electron chi connectivity index (χ4n) is 2.62. The highest BCUT2D eigenvalue weighted by atomic mass is 19.4. The monoisotopic (exact) mass is 422 g/mol. The van der Waals surface area contributed by atoms with Crippen LogP contribution in [0.3, 0.4) is 0 Å². The molecule has 0 saturated heterocycles. The number of amides is 1. The van der Waals surface area contributed by atoms with Crippen LogP contribution >= 0.6 is 0 Å². The number of hydrogen-bond donors (Lipinski definition) is 1. The quantitative estimate of drug-likeness (QED) is 0.653. The Balaban J connectivity index is 1.77. The van der Waals surface area contributed by atoms with Crippen LogP contribution in [0.1, 0.15) is 11.3 Å². The van der Waals surface area contributed by atoms with Crippen molar-refractivity contribution in [1.29, 1.82) is 0 Å². The van der Waals surface area contributed by atoms with Crippen LogP contribution in [0.5, 0.6) is 17.2 Å². The number of methoxy groups -OCH3 is 2. The van der Waals surface area contributed by atoms with E-state index in [9.17, 15) is 18.0 Å². The molecule has 30 heavy (non-hydrogen) atoms. The lowest BCUT2D eigenvalue weighted by Crippen LogP contribution is -2.27. The zero-order valence-corrected chi connectivity index (χ0v) is 15.9. The van der Waals surface area contributed by atoms with Crippen LogP contribution < -0.4 is 19.5 Å². The minimum atomic E-state index is -4.83. The van der Waals surface area contributed by atoms with Crippen LogP contribution in [0.2, 0.25) is 0 Å². The Morgan fingerprint density at radius 3 is 2.57 bits per heavy atom. The Kier molecular flexibility index (Phi) is 6.09. The van der Waals surface area contributed by atoms with Gasteiger partial charge in [-0.1, -0.05) is 6.07 Å². The molecule has 8 nitrogen and oxygen atoms in total. The van der Waals surface area contributed by atoms with Gasteiger partial charge in [0, 0.05) is 24.4 Å². The van der Waals surface area contributed by atoms with Gasteiger partial charge in [-0.2, -0.15) is 18.3 Å². The number of pyridine rings is 1. The number of nitrogens with zero attached hydrogens (tertiary/aromatic N) is 3. The molecule has 0 unspecified atom stereocenters. The molecule has 0 aliphatic carbocycles. The summed E-state index contributed by atoms with van der Waals surface area (Å²) in [6.45, 7) is -0.0400. The van der Waals surface area contributed by atoms with E-state index in [0.717, 1.165) is 6.20 Å². The third kappa shape index (κ3) is 4.62. The van der Waals surface area contributed by atoms with Gasteiger partial charge in [0.1, 0.15) is 11.5 Å². The maximum Gasteiger partial charge on any atom is 0.437 e. The zero-order chi connectivity index (χ0) is 21.7. The average Bonchev–Trinajstić information content (AvgIpc) is 3.16. The van der Waals surface area contributed by atoms with Crippen molar-refractivity contribution in [2.24, 2.45) is 0 Å². The molecule has 158 valence electrons. The highest BCUT2D eigenvalue weighted by molar-refractivity contribution is 5.71. The van der Waals surface area contributed by atoms with E-state index >= 15 is 0 Å². The number of carbonyl (C=O) groups is 1. The first-order chi connectivity index (χ1) is 14.3. The van der Waals surface area contributed by atoms with Crippen molar-refractivity contribution >= 4 is 6.09 Å². The SMILES string of the molecule is COc1ccc(CNC(=O)Oc2cnn(-c3ccccn3)c2C(F)(F)F)c(OC)c1. The van der Waals surface area contributed by atoms with Gasteiger partial charge in [-0.3, -0.25) is 0 Å². The number of alkyl halides is 3. The molecule has 2 heterocycles. The van der Waals surface area contributed by atoms with Gasteiger partial charge >= 0.3 is 12.3 Å². The summed E-state index contributed by atoms with van der Waals surface area (Å²) in [4.78, 5) is 16.0. The summed E-state index contributed by atoms with van der Waals surface area (Å²) in [5.74, 6) is 0.180. The topological polar surface area (TPSA) is 87.5 Å². The van der Waals surface area contributed by atoms with Gasteiger partial charge in [0.25, 0.3) is 0 Å². The second-order valence-electron chi connectivity index (χ2n) is 5.88. The smallest absolute Gasteiger partial charge is 0.437 e. The summed E-state index contributed by atoms with van der Waals surface area (Å²) in [7, 11) is 2.94. The third-order valence-electron chi connectivity index (χ3n) is 3.99. The van der Waals surface area contributed by atoms with Crippen LogP contribution in [0, 0.1) is 0 Å². The van der Waals surface area contributed by atoms with Crippen molar-refractivity contribution in [3.8, 4) is 23.1 Å². The van der Waals surface area contributed by atoms with Gasteiger partial charge < -0.3 is 19.5 Å². The van der Waals surface area contributed by atoms with E-state index in [0.29, 0.717) is 21.7 Å². The molecule has 2 aromatic heterocycles. The number of hydrogen-bond acceptors (Lipinski definition) is 6. The van der Waals surface area contributed by atoms with E-state index in [1.165, 1.54) is 32.5 Å². The van der Waals surface area contributed by atoms with Crippen LogP contribution in [-0.4, -0.2) is 35.1 Å². The van der Waals surface area contributed by atoms with Crippen LogP contribution in [-0.2, 0) is 12.7 Å². The molecule has 0 atom stereocenters. The zero-order valence-electron chi connectivity index (χ0n) is 15.9. The van der Waals surface area contributed by atoms with Crippen molar-refractivity contribution in [1.82, 2.24) is 20.1 Å². The standard InChI is InChI=1S/C19H17F3N4O4/c1-28-13-7-6-12(14(9-13)29-2)10-24-18(27)30-15-11-25-26(17(15)19(20,21)22)16-5-3-4-8-23-16/h3-9,11H,10H2,1-2H3,(H,24,27). The van der Waals surface area contributed by atoms with Gasteiger partial charge in [-0.05, 0) is 24.3 Å². The molecule has 3 rings (SSSR count). The summed E-state index contributed by atoms with van der Waals surface area (Å²) in [5.41, 5.74) is -0.672. The molecular formula is C19H17F3N4O4. The second kappa shape index (κ2) is 8.72. The highest BCUT2D eigenvalue weighted by Crippen LogP contribution is 2.37. The van der Waals surface area contributed by atoms with E-state index in [1.54, 1.807) is 24.3 Å². The molecule has 0 saturated carbocycles. The number of rotatable bonds is 6. The molecule has 1 N–H and O–H groups in total. The number of halogens is 3. The molecular weight excluding hydrogens is 405 g/mol. The normalized spacial score (nSPS) is 11.1. The maximum absolute atomic E-state index is 13.6. The lowest BCUT2D eigenvalue weighted by Gasteiger charge is -2.13. The van der Waals surface area contributed by atoms with Gasteiger partial charge in [0.05, 0.1) is 20.4 Å². The number of aromatic nitrogens is 3. The fraction of sp³-hybridized carbons (Fsp3) is 0.211. The molecule has 1 aromatic carbocycles. The molecule has 11 heteroatoms. The molecule has 0 radical (unpaired) electrons. The molecule has 0 bridgehead atoms. The van der Waals surface area contributed by atoms with E-state index < -0.39 is 23.7 Å². The van der Waals surface area contributed by atoms with Crippen molar-refractivity contribution in [3.63, 3.8) is 0 Å². The Morgan fingerprint density at radius 2 is 1.93 bits per heavy atom. The van der Waals surface area contributed by atoms with Crippen molar-refractivity contribution in [3.05, 3.63) is 60.0 Å². The Labute approximate surface area is 169 Å². The van der Waals surface area contributed by atoms with Gasteiger partial charge in [-0.15, -0.1) is 0 Å². The molecule has 0 aliphatic rings. The maximum atomic E-state index is 13.6. The first-order valence-corrected chi connectivity index (χ1v) is 8.56. The summed E-state index contributed by atoms with van der Waals surface area (Å²) >= 11 is 0. The minimum absolute atomic E-state index is 0.0400. The molecule has 3 aromatic rings. The Hall–Kier alpha value is -3.76. The Bertz CT molecular complexity index is 1020. The van der Waals surface area contributed by atoms with Gasteiger partial charge in [-0.25, -0.2) is 14.5 Å².